The molecule has 2 rings (SSSR count). The summed E-state index contributed by atoms with van der Waals surface area (Å²) in [6.45, 7) is 2.13. The van der Waals surface area contributed by atoms with Crippen LogP contribution in [-0.2, 0) is 0 Å². The van der Waals surface area contributed by atoms with Gasteiger partial charge < -0.3 is 5.32 Å². The van der Waals surface area contributed by atoms with Crippen molar-refractivity contribution in [2.75, 3.05) is 0 Å². The van der Waals surface area contributed by atoms with Crippen molar-refractivity contribution >= 4 is 6.08 Å². The van der Waals surface area contributed by atoms with E-state index >= 15 is 0 Å². The largest absolute Gasteiger partial charge is 0.308 e. The fourth-order valence-corrected chi connectivity index (χ4v) is 2.21. The minimum atomic E-state index is -0.509. The van der Waals surface area contributed by atoms with Gasteiger partial charge in [0.2, 0.25) is 0 Å². The molecule has 0 amide bonds. The van der Waals surface area contributed by atoms with Crippen molar-refractivity contribution in [1.29, 1.82) is 0 Å². The van der Waals surface area contributed by atoms with E-state index in [1.165, 1.54) is 24.6 Å². The molecule has 1 nitrogen and oxygen atoms in total. The lowest BCUT2D eigenvalue weighted by atomic mass is 9.99. The second-order valence-electron chi connectivity index (χ2n) is 4.60. The third kappa shape index (κ3) is 3.13. The highest BCUT2D eigenvalue weighted by Crippen LogP contribution is 2.17. The van der Waals surface area contributed by atoms with E-state index < -0.39 is 11.6 Å². The Morgan fingerprint density at radius 2 is 1.94 bits per heavy atom. The predicted molar refractivity (Wildman–Crippen MR) is 65.6 cm³/mol. The van der Waals surface area contributed by atoms with Crippen molar-refractivity contribution in [3.8, 4) is 0 Å². The van der Waals surface area contributed by atoms with Crippen molar-refractivity contribution in [1.82, 2.24) is 5.32 Å². The van der Waals surface area contributed by atoms with Crippen LogP contribution in [0.3, 0.4) is 0 Å². The molecule has 2 unspecified atom stereocenters. The summed E-state index contributed by atoms with van der Waals surface area (Å²) in [6.07, 6.45) is 6.75. The lowest BCUT2D eigenvalue weighted by Gasteiger charge is -2.26. The van der Waals surface area contributed by atoms with E-state index in [0.29, 0.717) is 6.04 Å². The van der Waals surface area contributed by atoms with Crippen LogP contribution < -0.4 is 5.32 Å². The van der Waals surface area contributed by atoms with Gasteiger partial charge in [0, 0.05) is 17.6 Å². The van der Waals surface area contributed by atoms with E-state index in [9.17, 15) is 8.78 Å². The van der Waals surface area contributed by atoms with Crippen LogP contribution in [0.5, 0.6) is 0 Å². The van der Waals surface area contributed by atoms with Crippen LogP contribution in [0.2, 0.25) is 0 Å². The van der Waals surface area contributed by atoms with Gasteiger partial charge in [0.05, 0.1) is 0 Å². The highest BCUT2D eigenvalue weighted by molar-refractivity contribution is 5.51. The zero-order valence-electron chi connectivity index (χ0n) is 9.92. The molecule has 0 aromatic heterocycles. The highest BCUT2D eigenvalue weighted by Gasteiger charge is 2.15. The average Bonchev–Trinajstić information content (AvgIpc) is 2.28. The maximum atomic E-state index is 13.4. The van der Waals surface area contributed by atoms with Crippen LogP contribution >= 0.6 is 0 Å². The van der Waals surface area contributed by atoms with E-state index in [-0.39, 0.29) is 11.6 Å². The first-order valence-electron chi connectivity index (χ1n) is 6.05. The molecule has 1 aliphatic heterocycles. The molecule has 1 N–H and O–H groups in total. The Bertz CT molecular complexity index is 394. The lowest BCUT2D eigenvalue weighted by Crippen LogP contribution is -2.39. The van der Waals surface area contributed by atoms with Crippen LogP contribution in [0.1, 0.15) is 31.7 Å². The summed E-state index contributed by atoms with van der Waals surface area (Å²) >= 11 is 0. The van der Waals surface area contributed by atoms with Crippen LogP contribution in [0.25, 0.3) is 6.08 Å². The maximum Gasteiger partial charge on any atom is 0.133 e. The molecule has 0 radical (unpaired) electrons. The molecule has 1 saturated heterocycles. The summed E-state index contributed by atoms with van der Waals surface area (Å²) in [5.41, 5.74) is 0.0486. The molecule has 0 spiro atoms. The van der Waals surface area contributed by atoms with Gasteiger partial charge in [-0.15, -0.1) is 0 Å². The van der Waals surface area contributed by atoms with E-state index in [4.69, 9.17) is 0 Å². The fraction of sp³-hybridized carbons (Fsp3) is 0.429. The molecule has 1 heterocycles. The maximum absolute atomic E-state index is 13.4. The molecule has 0 saturated carbocycles. The van der Waals surface area contributed by atoms with Gasteiger partial charge in [-0.2, -0.15) is 0 Å². The zero-order valence-corrected chi connectivity index (χ0v) is 9.92. The second kappa shape index (κ2) is 5.41. The number of benzene rings is 1. The van der Waals surface area contributed by atoms with Crippen LogP contribution in [0, 0.1) is 11.6 Å². The molecule has 0 bridgehead atoms. The molecular weight excluding hydrogens is 220 g/mol. The van der Waals surface area contributed by atoms with Crippen molar-refractivity contribution in [2.45, 2.75) is 38.3 Å². The molecule has 1 fully saturated rings. The van der Waals surface area contributed by atoms with Gasteiger partial charge in [-0.3, -0.25) is 0 Å². The van der Waals surface area contributed by atoms with Crippen molar-refractivity contribution < 1.29 is 8.78 Å². The standard InChI is InChI=1S/C14H17F2N/c1-10-4-2-5-11(17-10)8-9-12-13(15)6-3-7-14(12)16/h3,6-11,17H,2,4-5H2,1H3/b9-8+. The van der Waals surface area contributed by atoms with Crippen LogP contribution in [0.4, 0.5) is 8.78 Å². The summed E-state index contributed by atoms with van der Waals surface area (Å²) in [5, 5.41) is 3.39. The van der Waals surface area contributed by atoms with Crippen molar-refractivity contribution in [3.05, 3.63) is 41.5 Å². The molecule has 1 aromatic carbocycles. The van der Waals surface area contributed by atoms with Gasteiger partial charge in [-0.1, -0.05) is 24.6 Å². The Labute approximate surface area is 101 Å². The quantitative estimate of drug-likeness (QED) is 0.830. The number of nitrogens with one attached hydrogen (secondary N) is 1. The van der Waals surface area contributed by atoms with Crippen LogP contribution in [0.15, 0.2) is 24.3 Å². The fourth-order valence-electron chi connectivity index (χ4n) is 2.21. The molecule has 1 aliphatic rings. The SMILES string of the molecule is CC1CCCC(/C=C/c2c(F)cccc2F)N1. The Morgan fingerprint density at radius 3 is 2.59 bits per heavy atom. The monoisotopic (exact) mass is 237 g/mol. The van der Waals surface area contributed by atoms with Crippen LogP contribution in [-0.4, -0.2) is 12.1 Å². The first-order valence-corrected chi connectivity index (χ1v) is 6.05. The van der Waals surface area contributed by atoms with Gasteiger partial charge in [0.1, 0.15) is 11.6 Å². The topological polar surface area (TPSA) is 12.0 Å². The third-order valence-electron chi connectivity index (χ3n) is 3.15. The van der Waals surface area contributed by atoms with Gasteiger partial charge in [0.25, 0.3) is 0 Å². The first-order chi connectivity index (χ1) is 8.16. The normalized spacial score (nSPS) is 25.4. The van der Waals surface area contributed by atoms with E-state index in [2.05, 4.69) is 12.2 Å². The van der Waals surface area contributed by atoms with E-state index in [1.807, 2.05) is 6.08 Å². The molecule has 2 atom stereocenters. The number of hydrogen-bond acceptors (Lipinski definition) is 1. The van der Waals surface area contributed by atoms with Crippen molar-refractivity contribution in [3.63, 3.8) is 0 Å². The van der Waals surface area contributed by atoms with Gasteiger partial charge in [-0.05, 0) is 31.9 Å². The predicted octanol–water partition coefficient (Wildman–Crippen LogP) is 3.51. The van der Waals surface area contributed by atoms with Gasteiger partial charge >= 0.3 is 0 Å². The molecule has 1 aromatic rings. The molecule has 0 aliphatic carbocycles. The Morgan fingerprint density at radius 1 is 1.24 bits per heavy atom. The molecular formula is C14H17F2N. The van der Waals surface area contributed by atoms with E-state index in [1.54, 1.807) is 6.08 Å². The molecule has 17 heavy (non-hydrogen) atoms. The smallest absolute Gasteiger partial charge is 0.133 e. The number of piperidine rings is 1. The highest BCUT2D eigenvalue weighted by atomic mass is 19.1. The van der Waals surface area contributed by atoms with Gasteiger partial charge in [-0.25, -0.2) is 8.78 Å². The van der Waals surface area contributed by atoms with Crippen molar-refractivity contribution in [2.24, 2.45) is 0 Å². The Hall–Kier alpha value is -1.22. The summed E-state index contributed by atoms with van der Waals surface area (Å²) < 4.78 is 26.7. The minimum absolute atomic E-state index is 0.0486. The number of halogens is 2. The first kappa shape index (κ1) is 12.2. The third-order valence-corrected chi connectivity index (χ3v) is 3.15. The second-order valence-corrected chi connectivity index (χ2v) is 4.60. The number of hydrogen-bond donors (Lipinski definition) is 1. The van der Waals surface area contributed by atoms with E-state index in [0.717, 1.165) is 12.8 Å². The summed E-state index contributed by atoms with van der Waals surface area (Å²) in [4.78, 5) is 0. The Kier molecular flexibility index (Phi) is 3.89. The van der Waals surface area contributed by atoms with Gasteiger partial charge in [0.15, 0.2) is 0 Å². The summed E-state index contributed by atoms with van der Waals surface area (Å²) in [5.74, 6) is -1.02. The summed E-state index contributed by atoms with van der Waals surface area (Å²) in [6, 6.07) is 4.63. The number of rotatable bonds is 2. The average molecular weight is 237 g/mol. The summed E-state index contributed by atoms with van der Waals surface area (Å²) in [7, 11) is 0. The molecule has 92 valence electrons. The lowest BCUT2D eigenvalue weighted by molar-refractivity contribution is 0.375. The zero-order chi connectivity index (χ0) is 12.3. The molecule has 3 heteroatoms. The Balaban J connectivity index is 2.09. The minimum Gasteiger partial charge on any atom is -0.308 e.